The average Bonchev–Trinajstić information content (AvgIpc) is 2.74. The molecule has 1 aromatic heterocycles. The molecule has 1 N–H and O–H groups in total. The third kappa shape index (κ3) is 2.27. The summed E-state index contributed by atoms with van der Waals surface area (Å²) in [4.78, 5) is 5.22. The fourth-order valence-electron chi connectivity index (χ4n) is 2.95. The first kappa shape index (κ1) is 13.7. The highest BCUT2D eigenvalue weighted by Gasteiger charge is 2.22. The second-order valence-electron chi connectivity index (χ2n) is 5.43. The number of likely N-dealkylation sites (tertiary alicyclic amines) is 1. The van der Waals surface area contributed by atoms with Gasteiger partial charge in [0.05, 0.1) is 5.52 Å². The number of rotatable bonds is 2. The zero-order valence-corrected chi connectivity index (χ0v) is 12.1. The number of aromatic amines is 1. The Morgan fingerprint density at radius 1 is 1.35 bits per heavy atom. The minimum absolute atomic E-state index is 0.244. The molecule has 2 heterocycles. The molecule has 1 aliphatic rings. The van der Waals surface area contributed by atoms with Gasteiger partial charge in [0.25, 0.3) is 0 Å². The van der Waals surface area contributed by atoms with Gasteiger partial charge in [-0.3, -0.25) is 0 Å². The summed E-state index contributed by atoms with van der Waals surface area (Å²) in [6.07, 6.45) is 3.42. The van der Waals surface area contributed by atoms with Crippen molar-refractivity contribution in [3.05, 3.63) is 28.5 Å². The third-order valence-corrected chi connectivity index (χ3v) is 4.46. The van der Waals surface area contributed by atoms with Crippen LogP contribution in [0.4, 0.5) is 8.78 Å². The van der Waals surface area contributed by atoms with Crippen molar-refractivity contribution in [1.29, 1.82) is 0 Å². The van der Waals surface area contributed by atoms with E-state index in [1.165, 1.54) is 18.9 Å². The molecule has 20 heavy (non-hydrogen) atoms. The zero-order chi connectivity index (χ0) is 14.3. The van der Waals surface area contributed by atoms with E-state index >= 15 is 0 Å². The van der Waals surface area contributed by atoms with E-state index in [0.29, 0.717) is 22.9 Å². The summed E-state index contributed by atoms with van der Waals surface area (Å²) in [5, 5.41) is 0. The number of benzene rings is 1. The lowest BCUT2D eigenvalue weighted by molar-refractivity contribution is 0.168. The second kappa shape index (κ2) is 5.26. The molecule has 6 heteroatoms. The van der Waals surface area contributed by atoms with E-state index in [-0.39, 0.29) is 5.52 Å². The molecule has 108 valence electrons. The summed E-state index contributed by atoms with van der Waals surface area (Å²) in [6.45, 7) is 1.63. The van der Waals surface area contributed by atoms with Gasteiger partial charge < -0.3 is 14.5 Å². The van der Waals surface area contributed by atoms with Gasteiger partial charge >= 0.3 is 0 Å². The van der Waals surface area contributed by atoms with Crippen molar-refractivity contribution < 1.29 is 8.78 Å². The summed E-state index contributed by atoms with van der Waals surface area (Å²) in [7, 11) is 2.07. The molecule has 2 aromatic rings. The maximum Gasteiger partial charge on any atom is 0.184 e. The molecule has 0 saturated carbocycles. The largest absolute Gasteiger partial charge is 0.330 e. The number of aromatic nitrogens is 2. The molecule has 0 radical (unpaired) electrons. The number of hydrogen-bond donors (Lipinski definition) is 1. The molecular formula is C14H17F2N3S. The van der Waals surface area contributed by atoms with Gasteiger partial charge in [-0.05, 0) is 50.8 Å². The van der Waals surface area contributed by atoms with Crippen molar-refractivity contribution in [2.75, 3.05) is 13.6 Å². The molecule has 1 fully saturated rings. The number of halogens is 2. The van der Waals surface area contributed by atoms with Crippen LogP contribution in [0.3, 0.4) is 0 Å². The van der Waals surface area contributed by atoms with Crippen molar-refractivity contribution in [1.82, 2.24) is 14.5 Å². The normalized spacial score (nSPS) is 20.6. The summed E-state index contributed by atoms with van der Waals surface area (Å²) in [5.74, 6) is -1.66. The van der Waals surface area contributed by atoms with Gasteiger partial charge in [0.15, 0.2) is 16.4 Å². The van der Waals surface area contributed by atoms with Crippen molar-refractivity contribution in [3.8, 4) is 0 Å². The summed E-state index contributed by atoms with van der Waals surface area (Å²) < 4.78 is 29.6. The van der Waals surface area contributed by atoms with E-state index in [2.05, 4.69) is 16.9 Å². The fourth-order valence-corrected chi connectivity index (χ4v) is 3.22. The number of H-pyrrole nitrogens is 1. The first-order valence-electron chi connectivity index (χ1n) is 6.84. The van der Waals surface area contributed by atoms with Gasteiger partial charge in [-0.1, -0.05) is 6.42 Å². The van der Waals surface area contributed by atoms with Gasteiger partial charge in [0, 0.05) is 12.6 Å². The van der Waals surface area contributed by atoms with E-state index in [1.807, 2.05) is 0 Å². The zero-order valence-electron chi connectivity index (χ0n) is 11.3. The first-order valence-corrected chi connectivity index (χ1v) is 7.25. The quantitative estimate of drug-likeness (QED) is 0.858. The number of nitrogens with zero attached hydrogens (tertiary/aromatic N) is 2. The number of fused-ring (bicyclic) bond motifs is 1. The smallest absolute Gasteiger partial charge is 0.184 e. The van der Waals surface area contributed by atoms with Crippen LogP contribution in [0.25, 0.3) is 11.0 Å². The first-order chi connectivity index (χ1) is 9.58. The lowest BCUT2D eigenvalue weighted by Gasteiger charge is -2.32. The predicted octanol–water partition coefficient (Wildman–Crippen LogP) is 3.46. The average molecular weight is 297 g/mol. The number of piperidine rings is 1. The van der Waals surface area contributed by atoms with E-state index in [9.17, 15) is 8.78 Å². The van der Waals surface area contributed by atoms with Crippen LogP contribution in [0.1, 0.15) is 19.3 Å². The van der Waals surface area contributed by atoms with Crippen LogP contribution in [0.15, 0.2) is 12.1 Å². The fraction of sp³-hybridized carbons (Fsp3) is 0.500. The highest BCUT2D eigenvalue weighted by molar-refractivity contribution is 7.71. The van der Waals surface area contributed by atoms with Gasteiger partial charge in [-0.15, -0.1) is 0 Å². The molecule has 1 aliphatic heterocycles. The van der Waals surface area contributed by atoms with Crippen LogP contribution in [0.5, 0.6) is 0 Å². The number of likely N-dealkylation sites (N-methyl/N-ethyl adjacent to an activating group) is 1. The van der Waals surface area contributed by atoms with Crippen LogP contribution in [-0.2, 0) is 6.54 Å². The van der Waals surface area contributed by atoms with Crippen molar-refractivity contribution in [3.63, 3.8) is 0 Å². The summed E-state index contributed by atoms with van der Waals surface area (Å²) in [6, 6.07) is 2.97. The number of hydrogen-bond acceptors (Lipinski definition) is 2. The third-order valence-electron chi connectivity index (χ3n) is 4.14. The topological polar surface area (TPSA) is 24.0 Å². The molecule has 0 spiro atoms. The minimum Gasteiger partial charge on any atom is -0.330 e. The molecule has 1 unspecified atom stereocenters. The Bertz CT molecular complexity index is 692. The molecule has 0 bridgehead atoms. The lowest BCUT2D eigenvalue weighted by Crippen LogP contribution is -2.39. The van der Waals surface area contributed by atoms with E-state index in [4.69, 9.17) is 12.2 Å². The Labute approximate surface area is 121 Å². The number of nitrogens with one attached hydrogen (secondary N) is 1. The molecule has 1 atom stereocenters. The molecule has 0 aliphatic carbocycles. The number of imidazole rings is 1. The maximum absolute atomic E-state index is 14.0. The van der Waals surface area contributed by atoms with Crippen molar-refractivity contribution in [2.45, 2.75) is 31.8 Å². The van der Waals surface area contributed by atoms with Crippen molar-refractivity contribution in [2.24, 2.45) is 0 Å². The van der Waals surface area contributed by atoms with E-state index in [1.54, 1.807) is 4.57 Å². The lowest BCUT2D eigenvalue weighted by atomic mass is 10.0. The minimum atomic E-state index is -0.836. The molecule has 3 nitrogen and oxygen atoms in total. The highest BCUT2D eigenvalue weighted by Crippen LogP contribution is 2.23. The monoisotopic (exact) mass is 297 g/mol. The standard InChI is InChI=1S/C14H17F2N3S/c1-18-7-3-2-4-9(18)8-19-13-11(17-14(19)20)6-5-10(15)12(13)16/h5-6,9H,2-4,7-8H2,1H3,(H,17,20). The Kier molecular flexibility index (Phi) is 3.60. The molecule has 0 amide bonds. The SMILES string of the molecule is CN1CCCCC1Cn1c(=S)[nH]c2ccc(F)c(F)c21. The summed E-state index contributed by atoms with van der Waals surface area (Å²) >= 11 is 5.26. The Morgan fingerprint density at radius 2 is 2.15 bits per heavy atom. The second-order valence-corrected chi connectivity index (χ2v) is 5.82. The van der Waals surface area contributed by atoms with Gasteiger partial charge in [0.1, 0.15) is 5.52 Å². The molecule has 3 rings (SSSR count). The Balaban J connectivity index is 2.04. The maximum atomic E-state index is 14.0. The van der Waals surface area contributed by atoms with E-state index in [0.717, 1.165) is 19.0 Å². The van der Waals surface area contributed by atoms with Gasteiger partial charge in [0.2, 0.25) is 0 Å². The van der Waals surface area contributed by atoms with E-state index < -0.39 is 11.6 Å². The van der Waals surface area contributed by atoms with Crippen LogP contribution < -0.4 is 0 Å². The van der Waals surface area contributed by atoms with Crippen LogP contribution >= 0.6 is 12.2 Å². The predicted molar refractivity (Wildman–Crippen MR) is 77.3 cm³/mol. The molecule has 1 saturated heterocycles. The molecular weight excluding hydrogens is 280 g/mol. The van der Waals surface area contributed by atoms with Crippen LogP contribution in [-0.4, -0.2) is 34.1 Å². The Morgan fingerprint density at radius 3 is 2.90 bits per heavy atom. The highest BCUT2D eigenvalue weighted by atomic mass is 32.1. The summed E-state index contributed by atoms with van der Waals surface area (Å²) in [5.41, 5.74) is 0.793. The van der Waals surface area contributed by atoms with Gasteiger partial charge in [-0.25, -0.2) is 8.78 Å². The molecule has 1 aromatic carbocycles. The Hall–Kier alpha value is -1.27. The van der Waals surface area contributed by atoms with Gasteiger partial charge in [-0.2, -0.15) is 0 Å². The van der Waals surface area contributed by atoms with Crippen LogP contribution in [0.2, 0.25) is 0 Å². The van der Waals surface area contributed by atoms with Crippen molar-refractivity contribution >= 4 is 23.3 Å². The van der Waals surface area contributed by atoms with Crippen LogP contribution in [0, 0.1) is 16.4 Å².